The molecule has 0 atom stereocenters. The molecule has 0 aliphatic rings. The highest BCUT2D eigenvalue weighted by Gasteiger charge is 2.10. The van der Waals surface area contributed by atoms with E-state index in [1.165, 1.54) is 13.3 Å². The molecule has 2 heterocycles. The molecule has 2 N–H and O–H groups in total. The minimum atomic E-state index is 0.353. The molecular formula is C9H10N4O2. The standard InChI is InChI=1S/C9H10N4O2/c1-5-12-9(15-13-5)7-3-8(14-2)6(10)4-11-7/h3-4H,10H2,1-2H3. The predicted octanol–water partition coefficient (Wildman–Crippen LogP) is 1.03. The van der Waals surface area contributed by atoms with Gasteiger partial charge in [-0.25, -0.2) is 4.98 Å². The van der Waals surface area contributed by atoms with E-state index in [1.54, 1.807) is 13.0 Å². The summed E-state index contributed by atoms with van der Waals surface area (Å²) in [6.07, 6.45) is 1.49. The van der Waals surface area contributed by atoms with Gasteiger partial charge in [-0.3, -0.25) is 0 Å². The summed E-state index contributed by atoms with van der Waals surface area (Å²) in [5.74, 6) is 1.45. The second-order valence-electron chi connectivity index (χ2n) is 2.96. The van der Waals surface area contributed by atoms with Crippen LogP contribution in [-0.2, 0) is 0 Å². The normalized spacial score (nSPS) is 10.3. The zero-order valence-corrected chi connectivity index (χ0v) is 8.39. The second kappa shape index (κ2) is 3.56. The Balaban J connectivity index is 2.45. The van der Waals surface area contributed by atoms with Crippen LogP contribution < -0.4 is 10.5 Å². The van der Waals surface area contributed by atoms with Gasteiger partial charge < -0.3 is 15.0 Å². The van der Waals surface area contributed by atoms with E-state index in [-0.39, 0.29) is 0 Å². The molecule has 0 saturated carbocycles. The van der Waals surface area contributed by atoms with Crippen molar-refractivity contribution >= 4 is 5.69 Å². The van der Waals surface area contributed by atoms with Crippen LogP contribution in [0.3, 0.4) is 0 Å². The van der Waals surface area contributed by atoms with Crippen molar-refractivity contribution in [2.24, 2.45) is 0 Å². The van der Waals surface area contributed by atoms with Crippen molar-refractivity contribution in [3.63, 3.8) is 0 Å². The predicted molar refractivity (Wildman–Crippen MR) is 53.2 cm³/mol. The van der Waals surface area contributed by atoms with Crippen LogP contribution in [-0.4, -0.2) is 22.2 Å². The fourth-order valence-electron chi connectivity index (χ4n) is 1.14. The zero-order chi connectivity index (χ0) is 10.8. The summed E-state index contributed by atoms with van der Waals surface area (Å²) in [7, 11) is 1.54. The average molecular weight is 206 g/mol. The molecule has 0 aromatic carbocycles. The lowest BCUT2D eigenvalue weighted by Gasteiger charge is -2.03. The SMILES string of the molecule is COc1cc(-c2nc(C)no2)ncc1N. The van der Waals surface area contributed by atoms with Crippen LogP contribution in [0.2, 0.25) is 0 Å². The third kappa shape index (κ3) is 1.74. The van der Waals surface area contributed by atoms with Crippen LogP contribution in [0.15, 0.2) is 16.8 Å². The van der Waals surface area contributed by atoms with Gasteiger partial charge in [-0.15, -0.1) is 0 Å². The van der Waals surface area contributed by atoms with E-state index in [4.69, 9.17) is 15.0 Å². The molecule has 0 amide bonds. The van der Waals surface area contributed by atoms with Crippen LogP contribution in [0.25, 0.3) is 11.6 Å². The first-order chi connectivity index (χ1) is 7.20. The van der Waals surface area contributed by atoms with Gasteiger partial charge in [-0.2, -0.15) is 4.98 Å². The first kappa shape index (κ1) is 9.45. The van der Waals surface area contributed by atoms with Gasteiger partial charge in [0.05, 0.1) is 19.0 Å². The zero-order valence-electron chi connectivity index (χ0n) is 8.39. The van der Waals surface area contributed by atoms with Crippen molar-refractivity contribution in [2.75, 3.05) is 12.8 Å². The van der Waals surface area contributed by atoms with Gasteiger partial charge in [-0.1, -0.05) is 5.16 Å². The molecule has 2 rings (SSSR count). The van der Waals surface area contributed by atoms with Gasteiger partial charge in [0.15, 0.2) is 5.82 Å². The van der Waals surface area contributed by atoms with E-state index in [0.717, 1.165) is 0 Å². The number of nitrogen functional groups attached to an aromatic ring is 1. The molecule has 15 heavy (non-hydrogen) atoms. The molecule has 6 nitrogen and oxygen atoms in total. The van der Waals surface area contributed by atoms with Crippen LogP contribution in [0, 0.1) is 6.92 Å². The fraction of sp³-hybridized carbons (Fsp3) is 0.222. The fourth-order valence-corrected chi connectivity index (χ4v) is 1.14. The summed E-state index contributed by atoms with van der Waals surface area (Å²) in [6.45, 7) is 1.74. The van der Waals surface area contributed by atoms with E-state index in [9.17, 15) is 0 Å². The quantitative estimate of drug-likeness (QED) is 0.789. The molecule has 78 valence electrons. The summed E-state index contributed by atoms with van der Waals surface area (Å²) < 4.78 is 10.0. The third-order valence-electron chi connectivity index (χ3n) is 1.86. The van der Waals surface area contributed by atoms with Gasteiger partial charge in [0, 0.05) is 6.07 Å². The molecule has 0 aliphatic heterocycles. The third-order valence-corrected chi connectivity index (χ3v) is 1.86. The van der Waals surface area contributed by atoms with E-state index < -0.39 is 0 Å². The number of aromatic nitrogens is 3. The molecule has 0 radical (unpaired) electrons. The Morgan fingerprint density at radius 2 is 2.27 bits per heavy atom. The minimum Gasteiger partial charge on any atom is -0.494 e. The Morgan fingerprint density at radius 3 is 2.87 bits per heavy atom. The van der Waals surface area contributed by atoms with Crippen LogP contribution >= 0.6 is 0 Å². The molecular weight excluding hydrogens is 196 g/mol. The number of hydrogen-bond donors (Lipinski definition) is 1. The first-order valence-electron chi connectivity index (χ1n) is 4.31. The summed E-state index contributed by atoms with van der Waals surface area (Å²) in [6, 6.07) is 1.66. The molecule has 0 spiro atoms. The highest BCUT2D eigenvalue weighted by molar-refractivity contribution is 5.59. The average Bonchev–Trinajstić information content (AvgIpc) is 2.66. The van der Waals surface area contributed by atoms with E-state index in [2.05, 4.69) is 15.1 Å². The lowest BCUT2D eigenvalue weighted by molar-refractivity contribution is 0.413. The summed E-state index contributed by atoms with van der Waals surface area (Å²) in [5, 5.41) is 3.67. The van der Waals surface area contributed by atoms with Crippen LogP contribution in [0.1, 0.15) is 5.82 Å². The lowest BCUT2D eigenvalue weighted by Crippen LogP contribution is -1.94. The topological polar surface area (TPSA) is 87.1 Å². The van der Waals surface area contributed by atoms with Crippen molar-refractivity contribution in [3.05, 3.63) is 18.1 Å². The van der Waals surface area contributed by atoms with Gasteiger partial charge >= 0.3 is 0 Å². The smallest absolute Gasteiger partial charge is 0.276 e. The number of aryl methyl sites for hydroxylation is 1. The summed E-state index contributed by atoms with van der Waals surface area (Å²) >= 11 is 0. The van der Waals surface area contributed by atoms with Crippen LogP contribution in [0.5, 0.6) is 5.75 Å². The largest absolute Gasteiger partial charge is 0.494 e. The van der Waals surface area contributed by atoms with Gasteiger partial charge in [-0.05, 0) is 6.92 Å². The van der Waals surface area contributed by atoms with Crippen molar-refractivity contribution in [1.82, 2.24) is 15.1 Å². The molecule has 0 fully saturated rings. The lowest BCUT2D eigenvalue weighted by atomic mass is 10.3. The molecule has 2 aromatic heterocycles. The van der Waals surface area contributed by atoms with E-state index in [0.29, 0.717) is 28.8 Å². The number of hydrogen-bond acceptors (Lipinski definition) is 6. The molecule has 0 bridgehead atoms. The Labute approximate surface area is 86.1 Å². The molecule has 0 unspecified atom stereocenters. The molecule has 6 heteroatoms. The Kier molecular flexibility index (Phi) is 2.24. The number of ether oxygens (including phenoxy) is 1. The number of methoxy groups -OCH3 is 1. The maximum absolute atomic E-state index is 5.63. The van der Waals surface area contributed by atoms with Crippen molar-refractivity contribution < 1.29 is 9.26 Å². The second-order valence-corrected chi connectivity index (χ2v) is 2.96. The van der Waals surface area contributed by atoms with Crippen LogP contribution in [0.4, 0.5) is 5.69 Å². The maximum Gasteiger partial charge on any atom is 0.276 e. The van der Waals surface area contributed by atoms with Gasteiger partial charge in [0.2, 0.25) is 0 Å². The number of nitrogens with zero attached hydrogens (tertiary/aromatic N) is 3. The molecule has 0 saturated heterocycles. The van der Waals surface area contributed by atoms with Crippen molar-refractivity contribution in [2.45, 2.75) is 6.92 Å². The maximum atomic E-state index is 5.63. The molecule has 0 aliphatic carbocycles. The Bertz CT molecular complexity index is 481. The number of pyridine rings is 1. The number of rotatable bonds is 2. The first-order valence-corrected chi connectivity index (χ1v) is 4.31. The Hall–Kier alpha value is -2.11. The van der Waals surface area contributed by atoms with Crippen molar-refractivity contribution in [1.29, 1.82) is 0 Å². The highest BCUT2D eigenvalue weighted by Crippen LogP contribution is 2.25. The minimum absolute atomic E-state index is 0.353. The van der Waals surface area contributed by atoms with Crippen molar-refractivity contribution in [3.8, 4) is 17.3 Å². The monoisotopic (exact) mass is 206 g/mol. The van der Waals surface area contributed by atoms with E-state index in [1.807, 2.05) is 0 Å². The highest BCUT2D eigenvalue weighted by atomic mass is 16.5. The Morgan fingerprint density at radius 1 is 1.47 bits per heavy atom. The summed E-state index contributed by atoms with van der Waals surface area (Å²) in [5.41, 5.74) is 6.64. The number of nitrogens with two attached hydrogens (primary N) is 1. The number of anilines is 1. The van der Waals surface area contributed by atoms with E-state index >= 15 is 0 Å². The van der Waals surface area contributed by atoms with Gasteiger partial charge in [0.25, 0.3) is 5.89 Å². The van der Waals surface area contributed by atoms with Gasteiger partial charge in [0.1, 0.15) is 11.4 Å². The molecule has 2 aromatic rings. The summed E-state index contributed by atoms with van der Waals surface area (Å²) in [4.78, 5) is 8.12.